The van der Waals surface area contributed by atoms with Crippen LogP contribution in [0.2, 0.25) is 0 Å². The van der Waals surface area contributed by atoms with Crippen LogP contribution in [-0.2, 0) is 23.9 Å². The molecular weight excluding hydrogens is 334 g/mol. The van der Waals surface area contributed by atoms with Gasteiger partial charge >= 0.3 is 11.9 Å². The van der Waals surface area contributed by atoms with Gasteiger partial charge in [0.1, 0.15) is 6.61 Å². The van der Waals surface area contributed by atoms with Crippen LogP contribution in [-0.4, -0.2) is 37.6 Å². The molecule has 2 rings (SSSR count). The Morgan fingerprint density at radius 3 is 2.00 bits per heavy atom. The molecule has 0 aromatic rings. The van der Waals surface area contributed by atoms with Gasteiger partial charge in [-0.05, 0) is 24.7 Å². The molecule has 148 valence electrons. The predicted molar refractivity (Wildman–Crippen MR) is 97.3 cm³/mol. The Labute approximate surface area is 156 Å². The lowest BCUT2D eigenvalue weighted by Crippen LogP contribution is -2.45. The van der Waals surface area contributed by atoms with Crippen LogP contribution in [0.1, 0.15) is 77.0 Å². The third kappa shape index (κ3) is 7.34. The lowest BCUT2D eigenvalue weighted by molar-refractivity contribution is -0.152. The molecule has 0 saturated heterocycles. The summed E-state index contributed by atoms with van der Waals surface area (Å²) < 4.78 is 9.93. The van der Waals surface area contributed by atoms with Gasteiger partial charge in [0.25, 0.3) is 0 Å². The maximum Gasteiger partial charge on any atom is 0.331 e. The molecule has 2 aliphatic carbocycles. The summed E-state index contributed by atoms with van der Waals surface area (Å²) in [6.45, 7) is -0.161. The molecule has 0 unspecified atom stereocenters. The molecule has 6 nitrogen and oxygen atoms in total. The number of methoxy groups -OCH3 is 1. The SMILES string of the molecule is COC(=O)[C@H](COC(=O)CCC1CCCC1)NC(=O)CCC1CCCC1. The molecule has 1 amide bonds. The first-order valence-corrected chi connectivity index (χ1v) is 10.1. The molecule has 0 heterocycles. The molecule has 0 radical (unpaired) electrons. The van der Waals surface area contributed by atoms with E-state index in [1.165, 1.54) is 58.5 Å². The van der Waals surface area contributed by atoms with Gasteiger partial charge in [0.05, 0.1) is 7.11 Å². The van der Waals surface area contributed by atoms with Crippen LogP contribution >= 0.6 is 0 Å². The van der Waals surface area contributed by atoms with E-state index >= 15 is 0 Å². The summed E-state index contributed by atoms with van der Waals surface area (Å²) in [5.41, 5.74) is 0. The first-order valence-electron chi connectivity index (χ1n) is 10.1. The van der Waals surface area contributed by atoms with Crippen molar-refractivity contribution in [2.24, 2.45) is 11.8 Å². The van der Waals surface area contributed by atoms with Gasteiger partial charge in [-0.25, -0.2) is 4.79 Å². The normalized spacial score (nSPS) is 19.3. The van der Waals surface area contributed by atoms with E-state index in [2.05, 4.69) is 5.32 Å². The van der Waals surface area contributed by atoms with Gasteiger partial charge in [0.2, 0.25) is 5.91 Å². The molecule has 2 fully saturated rings. The van der Waals surface area contributed by atoms with Gasteiger partial charge in [-0.1, -0.05) is 51.4 Å². The number of carbonyl (C=O) groups is 3. The van der Waals surface area contributed by atoms with Gasteiger partial charge < -0.3 is 14.8 Å². The lowest BCUT2D eigenvalue weighted by atomic mass is 10.0. The first-order chi connectivity index (χ1) is 12.6. The van der Waals surface area contributed by atoms with Crippen molar-refractivity contribution in [2.45, 2.75) is 83.1 Å². The number of amides is 1. The van der Waals surface area contributed by atoms with Crippen LogP contribution in [0.25, 0.3) is 0 Å². The van der Waals surface area contributed by atoms with E-state index in [-0.39, 0.29) is 18.5 Å². The predicted octanol–water partition coefficient (Wildman–Crippen LogP) is 3.13. The molecular formula is C20H33NO5. The number of rotatable bonds is 10. The fourth-order valence-electron chi connectivity index (χ4n) is 4.08. The monoisotopic (exact) mass is 367 g/mol. The van der Waals surface area contributed by atoms with E-state index in [1.54, 1.807) is 0 Å². The van der Waals surface area contributed by atoms with Crippen LogP contribution in [0.3, 0.4) is 0 Å². The average molecular weight is 367 g/mol. The standard InChI is InChI=1S/C20H33NO5/c1-25-20(24)17(21-18(22)12-10-15-6-2-3-7-15)14-26-19(23)13-11-16-8-4-5-9-16/h15-17H,2-14H2,1H3,(H,21,22)/t17-/m0/s1. The summed E-state index contributed by atoms with van der Waals surface area (Å²) in [7, 11) is 1.27. The number of carbonyl (C=O) groups excluding carboxylic acids is 3. The van der Waals surface area contributed by atoms with Gasteiger partial charge in [-0.2, -0.15) is 0 Å². The minimum absolute atomic E-state index is 0.161. The van der Waals surface area contributed by atoms with Crippen LogP contribution < -0.4 is 5.32 Å². The van der Waals surface area contributed by atoms with E-state index in [0.717, 1.165) is 12.8 Å². The van der Waals surface area contributed by atoms with Crippen LogP contribution in [0.15, 0.2) is 0 Å². The van der Waals surface area contributed by atoms with Crippen molar-refractivity contribution < 1.29 is 23.9 Å². The van der Waals surface area contributed by atoms with Crippen molar-refractivity contribution in [1.82, 2.24) is 5.32 Å². The molecule has 0 aromatic carbocycles. The Morgan fingerprint density at radius 2 is 1.46 bits per heavy atom. The Morgan fingerprint density at radius 1 is 0.923 bits per heavy atom. The number of nitrogens with one attached hydrogen (secondary N) is 1. The van der Waals surface area contributed by atoms with E-state index < -0.39 is 12.0 Å². The molecule has 6 heteroatoms. The Kier molecular flexibility index (Phi) is 8.92. The lowest BCUT2D eigenvalue weighted by Gasteiger charge is -2.17. The van der Waals surface area contributed by atoms with Crippen LogP contribution in [0.4, 0.5) is 0 Å². The summed E-state index contributed by atoms with van der Waals surface area (Å²) in [6, 6.07) is -0.925. The summed E-state index contributed by atoms with van der Waals surface area (Å²) in [4.78, 5) is 35.9. The number of esters is 2. The molecule has 1 atom stereocenters. The highest BCUT2D eigenvalue weighted by atomic mass is 16.5. The molecule has 0 aromatic heterocycles. The zero-order valence-corrected chi connectivity index (χ0v) is 16.0. The van der Waals surface area contributed by atoms with E-state index in [4.69, 9.17) is 9.47 Å². The Balaban J connectivity index is 1.68. The highest BCUT2D eigenvalue weighted by Gasteiger charge is 2.25. The highest BCUT2D eigenvalue weighted by Crippen LogP contribution is 2.29. The summed E-state index contributed by atoms with van der Waals surface area (Å²) in [5, 5.41) is 2.65. The van der Waals surface area contributed by atoms with Crippen molar-refractivity contribution in [3.05, 3.63) is 0 Å². The second-order valence-corrected chi connectivity index (χ2v) is 7.70. The molecule has 0 spiro atoms. The average Bonchev–Trinajstić information content (AvgIpc) is 3.34. The maximum atomic E-state index is 12.1. The Bertz CT molecular complexity index is 467. The zero-order valence-electron chi connectivity index (χ0n) is 16.0. The minimum atomic E-state index is -0.925. The smallest absolute Gasteiger partial charge is 0.331 e. The van der Waals surface area contributed by atoms with E-state index in [1.807, 2.05) is 0 Å². The van der Waals surface area contributed by atoms with Gasteiger partial charge in [-0.3, -0.25) is 9.59 Å². The molecule has 2 saturated carbocycles. The van der Waals surface area contributed by atoms with Crippen molar-refractivity contribution in [1.29, 1.82) is 0 Å². The van der Waals surface area contributed by atoms with Gasteiger partial charge in [-0.15, -0.1) is 0 Å². The quantitative estimate of drug-likeness (QED) is 0.600. The van der Waals surface area contributed by atoms with E-state index in [0.29, 0.717) is 24.7 Å². The fraction of sp³-hybridized carbons (Fsp3) is 0.850. The van der Waals surface area contributed by atoms with Crippen LogP contribution in [0.5, 0.6) is 0 Å². The molecule has 1 N–H and O–H groups in total. The topological polar surface area (TPSA) is 81.7 Å². The number of ether oxygens (including phenoxy) is 2. The minimum Gasteiger partial charge on any atom is -0.467 e. The fourth-order valence-corrected chi connectivity index (χ4v) is 4.08. The van der Waals surface area contributed by atoms with Crippen molar-refractivity contribution in [2.75, 3.05) is 13.7 Å². The third-order valence-electron chi connectivity index (χ3n) is 5.72. The summed E-state index contributed by atoms with van der Waals surface area (Å²) in [5.74, 6) is 0.156. The molecule has 26 heavy (non-hydrogen) atoms. The zero-order chi connectivity index (χ0) is 18.8. The highest BCUT2D eigenvalue weighted by molar-refractivity contribution is 5.84. The second-order valence-electron chi connectivity index (χ2n) is 7.70. The Hall–Kier alpha value is -1.59. The largest absolute Gasteiger partial charge is 0.467 e. The second kappa shape index (κ2) is 11.2. The summed E-state index contributed by atoms with van der Waals surface area (Å²) >= 11 is 0. The first kappa shape index (κ1) is 20.7. The van der Waals surface area contributed by atoms with Crippen LogP contribution in [0, 0.1) is 11.8 Å². The number of hydrogen-bond acceptors (Lipinski definition) is 5. The third-order valence-corrected chi connectivity index (χ3v) is 5.72. The summed E-state index contributed by atoms with van der Waals surface area (Å²) in [6.07, 6.45) is 12.2. The molecule has 0 aliphatic heterocycles. The van der Waals surface area contributed by atoms with Crippen molar-refractivity contribution in [3.8, 4) is 0 Å². The van der Waals surface area contributed by atoms with Crippen molar-refractivity contribution in [3.63, 3.8) is 0 Å². The molecule has 2 aliphatic rings. The number of hydrogen-bond donors (Lipinski definition) is 1. The van der Waals surface area contributed by atoms with Crippen molar-refractivity contribution >= 4 is 17.8 Å². The maximum absolute atomic E-state index is 12.1. The molecule has 0 bridgehead atoms. The van der Waals surface area contributed by atoms with Gasteiger partial charge in [0.15, 0.2) is 6.04 Å². The van der Waals surface area contributed by atoms with Gasteiger partial charge in [0, 0.05) is 12.8 Å². The van der Waals surface area contributed by atoms with E-state index in [9.17, 15) is 14.4 Å².